The number of halogens is 5. The van der Waals surface area contributed by atoms with Crippen LogP contribution < -0.4 is 14.8 Å². The normalized spacial score (nSPS) is 16.7. The van der Waals surface area contributed by atoms with E-state index in [1.54, 1.807) is 19.1 Å². The van der Waals surface area contributed by atoms with E-state index >= 15 is 0 Å². The Morgan fingerprint density at radius 1 is 1.08 bits per heavy atom. The lowest BCUT2D eigenvalue weighted by Crippen LogP contribution is -2.21. The van der Waals surface area contributed by atoms with Gasteiger partial charge in [0.15, 0.2) is 6.61 Å². The highest BCUT2D eigenvalue weighted by atomic mass is 35.5. The first-order chi connectivity index (χ1) is 18.1. The van der Waals surface area contributed by atoms with E-state index in [4.69, 9.17) is 37.4 Å². The number of amides is 1. The van der Waals surface area contributed by atoms with Gasteiger partial charge in [0.2, 0.25) is 0 Å². The summed E-state index contributed by atoms with van der Waals surface area (Å²) in [6.07, 6.45) is 1.69. The van der Waals surface area contributed by atoms with Crippen molar-refractivity contribution in [3.05, 3.63) is 63.7 Å². The standard InChI is InChI=1S/C27H28Cl2F3NO5/c1-2-36-26(35)18-7-3-5-17(13-18)6-4-12-37-23-11-9-20(15-22(23)29)33-25(34)16-38-24-10-8-19(14-21(24)28)27(30,31)32/h6,8-11,14-15,18H,2-5,7,12-13,16H2,1H3,(H,33,34)/t18-/m1/s1. The average Bonchev–Trinajstić information content (AvgIpc) is 2.86. The van der Waals surface area contributed by atoms with Gasteiger partial charge in [-0.1, -0.05) is 34.9 Å². The minimum absolute atomic E-state index is 0.0452. The molecule has 2 aromatic rings. The van der Waals surface area contributed by atoms with Crippen LogP contribution in [0.2, 0.25) is 10.0 Å². The van der Waals surface area contributed by atoms with Crippen molar-refractivity contribution < 1.29 is 37.0 Å². The molecule has 0 aliphatic heterocycles. The molecule has 0 radical (unpaired) electrons. The van der Waals surface area contributed by atoms with Crippen LogP contribution >= 0.6 is 23.2 Å². The molecule has 1 saturated carbocycles. The SMILES string of the molecule is CCOC(=O)[C@@H]1CCCC(=CCCOc2ccc(NC(=O)COc3ccc(C(F)(F)F)cc3Cl)cc2Cl)C1. The van der Waals surface area contributed by atoms with Gasteiger partial charge in [-0.25, -0.2) is 0 Å². The predicted octanol–water partition coefficient (Wildman–Crippen LogP) is 7.48. The van der Waals surface area contributed by atoms with Crippen molar-refractivity contribution >= 4 is 40.8 Å². The largest absolute Gasteiger partial charge is 0.492 e. The second-order valence-electron chi connectivity index (χ2n) is 8.67. The van der Waals surface area contributed by atoms with Crippen LogP contribution in [0.1, 0.15) is 44.6 Å². The molecule has 0 heterocycles. The Bertz CT molecular complexity index is 1170. The van der Waals surface area contributed by atoms with E-state index < -0.39 is 24.3 Å². The van der Waals surface area contributed by atoms with Crippen LogP contribution in [0, 0.1) is 5.92 Å². The number of allylic oxidation sites excluding steroid dienone is 1. The number of anilines is 1. The van der Waals surface area contributed by atoms with Gasteiger partial charge in [0.05, 0.1) is 34.7 Å². The maximum Gasteiger partial charge on any atom is 0.416 e. The Balaban J connectivity index is 1.45. The van der Waals surface area contributed by atoms with E-state index in [1.807, 2.05) is 0 Å². The van der Waals surface area contributed by atoms with Gasteiger partial charge in [-0.2, -0.15) is 13.2 Å². The van der Waals surface area contributed by atoms with Crippen molar-refractivity contribution in [2.75, 3.05) is 25.1 Å². The van der Waals surface area contributed by atoms with E-state index in [2.05, 4.69) is 11.4 Å². The molecule has 0 bridgehead atoms. The smallest absolute Gasteiger partial charge is 0.416 e. The van der Waals surface area contributed by atoms with E-state index in [0.29, 0.717) is 42.5 Å². The maximum absolute atomic E-state index is 12.7. The zero-order valence-corrected chi connectivity index (χ0v) is 22.2. The van der Waals surface area contributed by atoms with Gasteiger partial charge in [0.1, 0.15) is 11.5 Å². The van der Waals surface area contributed by atoms with Gasteiger partial charge in [-0.3, -0.25) is 9.59 Å². The molecule has 0 aromatic heterocycles. The Morgan fingerprint density at radius 3 is 2.47 bits per heavy atom. The highest BCUT2D eigenvalue weighted by molar-refractivity contribution is 6.32. The third-order valence-corrected chi connectivity index (χ3v) is 6.41. The summed E-state index contributed by atoms with van der Waals surface area (Å²) in [5.74, 6) is -0.361. The molecule has 1 aliphatic rings. The third-order valence-electron chi connectivity index (χ3n) is 5.82. The van der Waals surface area contributed by atoms with E-state index in [0.717, 1.165) is 37.5 Å². The van der Waals surface area contributed by atoms with E-state index in [9.17, 15) is 22.8 Å². The molecule has 206 valence electrons. The van der Waals surface area contributed by atoms with Crippen LogP contribution in [0.5, 0.6) is 11.5 Å². The molecular weight excluding hydrogens is 546 g/mol. The maximum atomic E-state index is 12.7. The number of alkyl halides is 3. The van der Waals surface area contributed by atoms with Crippen molar-refractivity contribution in [1.82, 2.24) is 0 Å². The number of carbonyl (C=O) groups excluding carboxylic acids is 2. The lowest BCUT2D eigenvalue weighted by molar-refractivity contribution is -0.148. The van der Waals surface area contributed by atoms with Crippen LogP contribution in [0.25, 0.3) is 0 Å². The van der Waals surface area contributed by atoms with Gasteiger partial charge in [-0.05, 0) is 75.4 Å². The molecule has 1 aliphatic carbocycles. The summed E-state index contributed by atoms with van der Waals surface area (Å²) < 4.78 is 54.3. The fourth-order valence-electron chi connectivity index (χ4n) is 4.01. The molecule has 11 heteroatoms. The monoisotopic (exact) mass is 573 g/mol. The van der Waals surface area contributed by atoms with Crippen molar-refractivity contribution in [3.8, 4) is 11.5 Å². The van der Waals surface area contributed by atoms with Crippen LogP contribution in [0.3, 0.4) is 0 Å². The van der Waals surface area contributed by atoms with Crippen molar-refractivity contribution in [2.45, 2.75) is 45.2 Å². The van der Waals surface area contributed by atoms with Crippen molar-refractivity contribution in [3.63, 3.8) is 0 Å². The highest BCUT2D eigenvalue weighted by Crippen LogP contribution is 2.35. The average molecular weight is 574 g/mol. The van der Waals surface area contributed by atoms with E-state index in [1.165, 1.54) is 11.6 Å². The molecule has 1 N–H and O–H groups in total. The number of benzene rings is 2. The summed E-state index contributed by atoms with van der Waals surface area (Å²) in [7, 11) is 0. The molecule has 1 atom stereocenters. The number of ether oxygens (including phenoxy) is 3. The van der Waals surface area contributed by atoms with Crippen LogP contribution in [-0.4, -0.2) is 31.7 Å². The fourth-order valence-corrected chi connectivity index (χ4v) is 4.48. The van der Waals surface area contributed by atoms with Crippen LogP contribution in [0.4, 0.5) is 18.9 Å². The molecule has 2 aromatic carbocycles. The summed E-state index contributed by atoms with van der Waals surface area (Å²) in [4.78, 5) is 24.2. The van der Waals surface area contributed by atoms with E-state index in [-0.39, 0.29) is 22.7 Å². The zero-order chi connectivity index (χ0) is 27.7. The first kappa shape index (κ1) is 29.6. The number of nitrogens with one attached hydrogen (secondary N) is 1. The summed E-state index contributed by atoms with van der Waals surface area (Å²) in [5, 5.41) is 2.63. The number of esters is 1. The molecule has 3 rings (SSSR count). The van der Waals surface area contributed by atoms with Gasteiger partial charge >= 0.3 is 12.1 Å². The lowest BCUT2D eigenvalue weighted by atomic mass is 9.85. The Morgan fingerprint density at radius 2 is 1.79 bits per heavy atom. The zero-order valence-electron chi connectivity index (χ0n) is 20.7. The molecule has 0 unspecified atom stereocenters. The van der Waals surface area contributed by atoms with Gasteiger partial charge < -0.3 is 19.5 Å². The van der Waals surface area contributed by atoms with Crippen molar-refractivity contribution in [1.29, 1.82) is 0 Å². The lowest BCUT2D eigenvalue weighted by Gasteiger charge is -2.22. The highest BCUT2D eigenvalue weighted by Gasteiger charge is 2.31. The predicted molar refractivity (Wildman–Crippen MR) is 139 cm³/mol. The Labute approximate surface area is 229 Å². The molecular formula is C27H28Cl2F3NO5. The first-order valence-electron chi connectivity index (χ1n) is 12.1. The number of carbonyl (C=O) groups is 2. The molecule has 38 heavy (non-hydrogen) atoms. The summed E-state index contributed by atoms with van der Waals surface area (Å²) >= 11 is 12.1. The molecule has 6 nitrogen and oxygen atoms in total. The van der Waals surface area contributed by atoms with Gasteiger partial charge in [0.25, 0.3) is 5.91 Å². The van der Waals surface area contributed by atoms with Gasteiger partial charge in [0, 0.05) is 5.69 Å². The third kappa shape index (κ3) is 8.84. The molecule has 1 amide bonds. The van der Waals surface area contributed by atoms with Crippen LogP contribution in [-0.2, 0) is 20.5 Å². The summed E-state index contributed by atoms with van der Waals surface area (Å²) in [6.45, 7) is 2.11. The minimum Gasteiger partial charge on any atom is -0.492 e. The number of hydrogen-bond donors (Lipinski definition) is 1. The first-order valence-corrected chi connectivity index (χ1v) is 12.9. The Kier molecular flexibility index (Phi) is 10.7. The molecule has 0 spiro atoms. The number of hydrogen-bond acceptors (Lipinski definition) is 5. The van der Waals surface area contributed by atoms with Crippen LogP contribution in [0.15, 0.2) is 48.0 Å². The number of rotatable bonds is 10. The fraction of sp³-hybridized carbons (Fsp3) is 0.407. The quantitative estimate of drug-likeness (QED) is 0.181. The second kappa shape index (κ2) is 13.8. The molecule has 1 fully saturated rings. The van der Waals surface area contributed by atoms with Gasteiger partial charge in [-0.15, -0.1) is 0 Å². The second-order valence-corrected chi connectivity index (χ2v) is 9.48. The summed E-state index contributed by atoms with van der Waals surface area (Å²) in [6, 6.07) is 7.36. The Hall–Kier alpha value is -2.91. The summed E-state index contributed by atoms with van der Waals surface area (Å²) in [5.41, 5.74) is 0.704. The molecule has 0 saturated heterocycles. The topological polar surface area (TPSA) is 73.9 Å². The van der Waals surface area contributed by atoms with Crippen molar-refractivity contribution in [2.24, 2.45) is 5.92 Å². The minimum atomic E-state index is -4.53.